The first-order chi connectivity index (χ1) is 13.0. The molecule has 0 aliphatic heterocycles. The lowest BCUT2D eigenvalue weighted by atomic mass is 10.1. The summed E-state index contributed by atoms with van der Waals surface area (Å²) in [5.74, 6) is -1.06. The second-order valence-corrected chi connectivity index (χ2v) is 6.35. The maximum atomic E-state index is 12.3. The van der Waals surface area contributed by atoms with E-state index in [9.17, 15) is 14.4 Å². The summed E-state index contributed by atoms with van der Waals surface area (Å²) in [6.45, 7) is 2.01. The van der Waals surface area contributed by atoms with Gasteiger partial charge >= 0.3 is 5.97 Å². The predicted molar refractivity (Wildman–Crippen MR) is 103 cm³/mol. The van der Waals surface area contributed by atoms with Gasteiger partial charge < -0.3 is 14.6 Å². The van der Waals surface area contributed by atoms with Gasteiger partial charge in [0.2, 0.25) is 0 Å². The van der Waals surface area contributed by atoms with E-state index in [1.807, 2.05) is 31.2 Å². The van der Waals surface area contributed by atoms with Crippen molar-refractivity contribution < 1.29 is 14.3 Å². The maximum absolute atomic E-state index is 12.3. The Bertz CT molecular complexity index is 1060. The highest BCUT2D eigenvalue weighted by atomic mass is 16.5. The van der Waals surface area contributed by atoms with Gasteiger partial charge in [-0.1, -0.05) is 36.4 Å². The number of rotatable bonds is 5. The van der Waals surface area contributed by atoms with Crippen LogP contribution in [0.25, 0.3) is 10.9 Å². The molecule has 3 rings (SSSR count). The van der Waals surface area contributed by atoms with E-state index in [0.29, 0.717) is 17.4 Å². The van der Waals surface area contributed by atoms with Crippen LogP contribution in [-0.2, 0) is 16.1 Å². The number of nitrogens with zero attached hydrogens (tertiary/aromatic N) is 1. The number of fused-ring (bicyclic) bond motifs is 1. The Morgan fingerprint density at radius 1 is 1.07 bits per heavy atom. The molecular formula is C21H20N2O4. The average molecular weight is 364 g/mol. The highest BCUT2D eigenvalue weighted by molar-refractivity contribution is 5.92. The quantitative estimate of drug-likeness (QED) is 0.706. The second kappa shape index (κ2) is 7.86. The molecule has 6 heteroatoms. The Hall–Kier alpha value is -3.41. The van der Waals surface area contributed by atoms with Crippen molar-refractivity contribution in [2.45, 2.75) is 13.5 Å². The molecule has 0 unspecified atom stereocenters. The van der Waals surface area contributed by atoms with E-state index in [1.54, 1.807) is 31.3 Å². The van der Waals surface area contributed by atoms with Gasteiger partial charge in [-0.15, -0.1) is 0 Å². The monoisotopic (exact) mass is 364 g/mol. The largest absolute Gasteiger partial charge is 0.451 e. The number of para-hydroxylation sites is 1. The van der Waals surface area contributed by atoms with Crippen molar-refractivity contribution in [1.29, 1.82) is 0 Å². The first-order valence-corrected chi connectivity index (χ1v) is 8.53. The number of hydrogen-bond donors (Lipinski definition) is 1. The van der Waals surface area contributed by atoms with Crippen molar-refractivity contribution in [1.82, 2.24) is 9.88 Å². The van der Waals surface area contributed by atoms with Crippen molar-refractivity contribution in [3.05, 3.63) is 81.6 Å². The summed E-state index contributed by atoms with van der Waals surface area (Å²) >= 11 is 0. The number of nitrogens with one attached hydrogen (secondary N) is 1. The van der Waals surface area contributed by atoms with Crippen LogP contribution >= 0.6 is 0 Å². The highest BCUT2D eigenvalue weighted by Gasteiger charge is 2.16. The number of aryl methyl sites for hydroxylation is 1. The van der Waals surface area contributed by atoms with Crippen molar-refractivity contribution in [2.24, 2.45) is 0 Å². The predicted octanol–water partition coefficient (Wildman–Crippen LogP) is 2.65. The Kier molecular flexibility index (Phi) is 5.35. The molecule has 0 bridgehead atoms. The summed E-state index contributed by atoms with van der Waals surface area (Å²) in [4.78, 5) is 40.9. The van der Waals surface area contributed by atoms with Crippen LogP contribution in [0.15, 0.2) is 59.4 Å². The number of esters is 1. The standard InChI is InChI=1S/C21H20N2O4/c1-14-7-3-4-8-15(14)12-23(2)20(25)13-27-21(26)18-11-19(24)16-9-5-6-10-17(16)22-18/h3-11H,12-13H2,1-2H3,(H,22,24). The van der Waals surface area contributed by atoms with E-state index < -0.39 is 12.6 Å². The first kappa shape index (κ1) is 18.4. The van der Waals surface area contributed by atoms with Crippen molar-refractivity contribution in [2.75, 3.05) is 13.7 Å². The molecule has 1 N–H and O–H groups in total. The molecule has 138 valence electrons. The molecule has 0 radical (unpaired) electrons. The minimum atomic E-state index is -0.740. The van der Waals surface area contributed by atoms with Crippen LogP contribution in [0.5, 0.6) is 0 Å². The number of carbonyl (C=O) groups is 2. The number of benzene rings is 2. The third kappa shape index (κ3) is 4.23. The van der Waals surface area contributed by atoms with Crippen LogP contribution in [0.1, 0.15) is 21.6 Å². The zero-order valence-electron chi connectivity index (χ0n) is 15.2. The molecule has 1 heterocycles. The molecule has 0 spiro atoms. The van der Waals surface area contributed by atoms with Gasteiger partial charge in [-0.05, 0) is 30.2 Å². The van der Waals surface area contributed by atoms with E-state index in [4.69, 9.17) is 4.74 Å². The van der Waals surface area contributed by atoms with E-state index in [2.05, 4.69) is 4.98 Å². The molecule has 2 aromatic carbocycles. The van der Waals surface area contributed by atoms with E-state index in [-0.39, 0.29) is 17.0 Å². The van der Waals surface area contributed by atoms with Gasteiger partial charge in [0.1, 0.15) is 5.69 Å². The molecule has 0 aliphatic carbocycles. The molecule has 1 aromatic heterocycles. The SMILES string of the molecule is Cc1ccccc1CN(C)C(=O)COC(=O)c1cc(=O)c2ccccc2[nH]1. The number of hydrogen-bond acceptors (Lipinski definition) is 4. The molecule has 0 atom stereocenters. The summed E-state index contributed by atoms with van der Waals surface area (Å²) in [5.41, 5.74) is 2.40. The van der Waals surface area contributed by atoms with Crippen molar-refractivity contribution in [3.63, 3.8) is 0 Å². The number of H-pyrrole nitrogens is 1. The summed E-state index contributed by atoms with van der Waals surface area (Å²) in [6.07, 6.45) is 0. The second-order valence-electron chi connectivity index (χ2n) is 6.35. The van der Waals surface area contributed by atoms with Crippen LogP contribution in [-0.4, -0.2) is 35.4 Å². The third-order valence-electron chi connectivity index (χ3n) is 4.38. The number of ether oxygens (including phenoxy) is 1. The van der Waals surface area contributed by atoms with Gasteiger partial charge in [-0.2, -0.15) is 0 Å². The Balaban J connectivity index is 1.64. The fourth-order valence-corrected chi connectivity index (χ4v) is 2.75. The molecule has 0 saturated heterocycles. The Morgan fingerprint density at radius 2 is 1.78 bits per heavy atom. The molecule has 1 amide bonds. The lowest BCUT2D eigenvalue weighted by Gasteiger charge is -2.18. The Labute approximate surface area is 156 Å². The van der Waals surface area contributed by atoms with Crippen LogP contribution in [0.4, 0.5) is 0 Å². The molecule has 0 aliphatic rings. The van der Waals surface area contributed by atoms with E-state index in [0.717, 1.165) is 11.1 Å². The minimum absolute atomic E-state index is 0.0213. The summed E-state index contributed by atoms with van der Waals surface area (Å²) < 4.78 is 5.08. The topological polar surface area (TPSA) is 79.5 Å². The zero-order chi connectivity index (χ0) is 19.4. The highest BCUT2D eigenvalue weighted by Crippen LogP contribution is 2.10. The van der Waals surface area contributed by atoms with Crippen LogP contribution in [0, 0.1) is 6.92 Å². The van der Waals surface area contributed by atoms with Gasteiger partial charge in [0, 0.05) is 30.6 Å². The van der Waals surface area contributed by atoms with Gasteiger partial charge in [0.05, 0.1) is 0 Å². The number of aromatic amines is 1. The van der Waals surface area contributed by atoms with E-state index in [1.165, 1.54) is 11.0 Å². The van der Waals surface area contributed by atoms with Crippen LogP contribution < -0.4 is 5.43 Å². The van der Waals surface area contributed by atoms with Gasteiger partial charge in [-0.3, -0.25) is 9.59 Å². The number of pyridine rings is 1. The van der Waals surface area contributed by atoms with Gasteiger partial charge in [0.25, 0.3) is 5.91 Å². The van der Waals surface area contributed by atoms with Crippen molar-refractivity contribution in [3.8, 4) is 0 Å². The first-order valence-electron chi connectivity index (χ1n) is 8.53. The summed E-state index contributed by atoms with van der Waals surface area (Å²) in [5, 5.41) is 0.489. The number of amides is 1. The molecule has 0 saturated carbocycles. The molecule has 3 aromatic rings. The van der Waals surface area contributed by atoms with Gasteiger partial charge in [0.15, 0.2) is 12.0 Å². The van der Waals surface area contributed by atoms with Crippen molar-refractivity contribution >= 4 is 22.8 Å². The zero-order valence-corrected chi connectivity index (χ0v) is 15.2. The molecule has 27 heavy (non-hydrogen) atoms. The maximum Gasteiger partial charge on any atom is 0.355 e. The summed E-state index contributed by atoms with van der Waals surface area (Å²) in [6, 6.07) is 15.8. The summed E-state index contributed by atoms with van der Waals surface area (Å²) in [7, 11) is 1.65. The fourth-order valence-electron chi connectivity index (χ4n) is 2.75. The number of aromatic nitrogens is 1. The lowest BCUT2D eigenvalue weighted by molar-refractivity contribution is -0.133. The van der Waals surface area contributed by atoms with E-state index >= 15 is 0 Å². The molecular weight excluding hydrogens is 344 g/mol. The minimum Gasteiger partial charge on any atom is -0.451 e. The van der Waals surface area contributed by atoms with Crippen LogP contribution in [0.3, 0.4) is 0 Å². The Morgan fingerprint density at radius 3 is 2.56 bits per heavy atom. The number of carbonyl (C=O) groups excluding carboxylic acids is 2. The number of likely N-dealkylation sites (N-methyl/N-ethyl adjacent to an activating group) is 1. The third-order valence-corrected chi connectivity index (χ3v) is 4.38. The average Bonchev–Trinajstić information content (AvgIpc) is 2.67. The fraction of sp³-hybridized carbons (Fsp3) is 0.190. The van der Waals surface area contributed by atoms with Crippen LogP contribution in [0.2, 0.25) is 0 Å². The van der Waals surface area contributed by atoms with Gasteiger partial charge in [-0.25, -0.2) is 4.79 Å². The molecule has 6 nitrogen and oxygen atoms in total. The molecule has 0 fully saturated rings. The normalized spacial score (nSPS) is 10.6. The smallest absolute Gasteiger partial charge is 0.355 e. The lowest BCUT2D eigenvalue weighted by Crippen LogP contribution is -2.31.